The summed E-state index contributed by atoms with van der Waals surface area (Å²) in [6.45, 7) is 2.61. The first-order chi connectivity index (χ1) is 10.7. The number of aromatic nitrogens is 1. The molecule has 0 bridgehead atoms. The van der Waals surface area contributed by atoms with Crippen LogP contribution in [0.3, 0.4) is 0 Å². The van der Waals surface area contributed by atoms with Gasteiger partial charge in [-0.2, -0.15) is 0 Å². The van der Waals surface area contributed by atoms with Gasteiger partial charge in [-0.05, 0) is 30.5 Å². The predicted molar refractivity (Wildman–Crippen MR) is 83.5 cm³/mol. The Kier molecular flexibility index (Phi) is 4.59. The molecule has 2 aliphatic heterocycles. The monoisotopic (exact) mass is 304 g/mol. The summed E-state index contributed by atoms with van der Waals surface area (Å²) in [7, 11) is 3.47. The van der Waals surface area contributed by atoms with Crippen LogP contribution in [-0.4, -0.2) is 66.8 Å². The molecular weight excluding hydrogens is 280 g/mol. The van der Waals surface area contributed by atoms with Gasteiger partial charge in [0.15, 0.2) is 0 Å². The summed E-state index contributed by atoms with van der Waals surface area (Å²) in [5, 5.41) is 2.70. The standard InChI is InChI=1S/C16H24N4O2/c1-17-16(21)19-9-5-13(6-10-19)20-11-14(22-2)15(20)12-3-7-18-8-4-12/h3-4,7-8,13-15H,5-6,9-11H2,1-2H3,(H,17,21)/t14-,15-/m0/s1. The van der Waals surface area contributed by atoms with Gasteiger partial charge in [0.25, 0.3) is 0 Å². The quantitative estimate of drug-likeness (QED) is 0.913. The number of hydrogen-bond donors (Lipinski definition) is 1. The molecule has 6 nitrogen and oxygen atoms in total. The number of methoxy groups -OCH3 is 1. The van der Waals surface area contributed by atoms with E-state index in [1.54, 1.807) is 14.2 Å². The summed E-state index contributed by atoms with van der Waals surface area (Å²) in [5.41, 5.74) is 1.27. The van der Waals surface area contributed by atoms with E-state index in [0.29, 0.717) is 12.1 Å². The first-order valence-corrected chi connectivity index (χ1v) is 7.89. The minimum Gasteiger partial charge on any atom is -0.378 e. The topological polar surface area (TPSA) is 57.7 Å². The summed E-state index contributed by atoms with van der Waals surface area (Å²) in [6, 6.07) is 5.00. The van der Waals surface area contributed by atoms with Crippen molar-refractivity contribution >= 4 is 6.03 Å². The lowest BCUT2D eigenvalue weighted by molar-refractivity contribution is -0.115. The Hall–Kier alpha value is -1.66. The number of carbonyl (C=O) groups excluding carboxylic acids is 1. The summed E-state index contributed by atoms with van der Waals surface area (Å²) >= 11 is 0. The average Bonchev–Trinajstić information content (AvgIpc) is 2.55. The van der Waals surface area contributed by atoms with Crippen LogP contribution in [0.4, 0.5) is 4.79 Å². The molecule has 0 aliphatic carbocycles. The number of amides is 2. The maximum atomic E-state index is 11.7. The zero-order valence-electron chi connectivity index (χ0n) is 13.2. The number of urea groups is 1. The van der Waals surface area contributed by atoms with E-state index in [2.05, 4.69) is 27.3 Å². The molecule has 0 radical (unpaired) electrons. The van der Waals surface area contributed by atoms with Crippen molar-refractivity contribution in [1.29, 1.82) is 0 Å². The van der Waals surface area contributed by atoms with Gasteiger partial charge in [-0.25, -0.2) is 4.79 Å². The fourth-order valence-corrected chi connectivity index (χ4v) is 3.60. The highest BCUT2D eigenvalue weighted by Crippen LogP contribution is 2.39. The fourth-order valence-electron chi connectivity index (χ4n) is 3.60. The van der Waals surface area contributed by atoms with Crippen LogP contribution in [0.15, 0.2) is 24.5 Å². The number of nitrogens with one attached hydrogen (secondary N) is 1. The van der Waals surface area contributed by atoms with Crippen molar-refractivity contribution in [1.82, 2.24) is 20.1 Å². The molecule has 0 unspecified atom stereocenters. The van der Waals surface area contributed by atoms with Crippen molar-refractivity contribution < 1.29 is 9.53 Å². The smallest absolute Gasteiger partial charge is 0.317 e. The molecule has 2 fully saturated rings. The number of rotatable bonds is 3. The largest absolute Gasteiger partial charge is 0.378 e. The number of ether oxygens (including phenoxy) is 1. The van der Waals surface area contributed by atoms with Crippen molar-refractivity contribution in [3.05, 3.63) is 30.1 Å². The number of carbonyl (C=O) groups is 1. The Bertz CT molecular complexity index is 502. The summed E-state index contributed by atoms with van der Waals surface area (Å²) in [4.78, 5) is 20.2. The minimum atomic E-state index is 0.0301. The van der Waals surface area contributed by atoms with Gasteiger partial charge in [0.2, 0.25) is 0 Å². The lowest BCUT2D eigenvalue weighted by Gasteiger charge is -2.53. The fraction of sp³-hybridized carbons (Fsp3) is 0.625. The zero-order valence-corrected chi connectivity index (χ0v) is 13.2. The van der Waals surface area contributed by atoms with Crippen molar-refractivity contribution in [2.75, 3.05) is 33.8 Å². The molecule has 2 aliphatic rings. The molecule has 0 aromatic carbocycles. The SMILES string of the molecule is CNC(=O)N1CCC(N2C[C@H](OC)[C@@H]2c2ccncc2)CC1. The Balaban J connectivity index is 1.64. The predicted octanol–water partition coefficient (Wildman–Crippen LogP) is 1.26. The van der Waals surface area contributed by atoms with E-state index >= 15 is 0 Å². The van der Waals surface area contributed by atoms with Gasteiger partial charge in [0.1, 0.15) is 0 Å². The molecule has 22 heavy (non-hydrogen) atoms. The van der Waals surface area contributed by atoms with Crippen LogP contribution in [0.25, 0.3) is 0 Å². The van der Waals surface area contributed by atoms with Crippen LogP contribution in [0.1, 0.15) is 24.4 Å². The third-order valence-corrected chi connectivity index (χ3v) is 4.89. The summed E-state index contributed by atoms with van der Waals surface area (Å²) in [6.07, 6.45) is 5.97. The number of hydrogen-bond acceptors (Lipinski definition) is 4. The minimum absolute atomic E-state index is 0.0301. The average molecular weight is 304 g/mol. The van der Waals surface area contributed by atoms with Gasteiger partial charge in [0, 0.05) is 52.2 Å². The lowest BCUT2D eigenvalue weighted by atomic mass is 9.87. The molecule has 0 saturated carbocycles. The van der Waals surface area contributed by atoms with Crippen LogP contribution in [0.2, 0.25) is 0 Å². The van der Waals surface area contributed by atoms with Gasteiger partial charge >= 0.3 is 6.03 Å². The highest BCUT2D eigenvalue weighted by atomic mass is 16.5. The molecule has 1 aromatic rings. The Morgan fingerprint density at radius 1 is 1.32 bits per heavy atom. The molecular formula is C16H24N4O2. The zero-order chi connectivity index (χ0) is 15.5. The third kappa shape index (κ3) is 2.80. The van der Waals surface area contributed by atoms with E-state index in [1.807, 2.05) is 17.3 Å². The van der Waals surface area contributed by atoms with Gasteiger partial charge in [-0.1, -0.05) is 0 Å². The Morgan fingerprint density at radius 3 is 2.59 bits per heavy atom. The molecule has 0 spiro atoms. The van der Waals surface area contributed by atoms with Crippen molar-refractivity contribution in [3.63, 3.8) is 0 Å². The normalized spacial score (nSPS) is 26.5. The molecule has 6 heteroatoms. The van der Waals surface area contributed by atoms with Crippen LogP contribution in [0.5, 0.6) is 0 Å². The van der Waals surface area contributed by atoms with E-state index in [1.165, 1.54) is 5.56 Å². The summed E-state index contributed by atoms with van der Waals surface area (Å²) in [5.74, 6) is 0. The van der Waals surface area contributed by atoms with Gasteiger partial charge in [-0.3, -0.25) is 9.88 Å². The second-order valence-corrected chi connectivity index (χ2v) is 5.97. The Labute approximate surface area is 131 Å². The van der Waals surface area contributed by atoms with Crippen LogP contribution in [-0.2, 0) is 4.74 Å². The van der Waals surface area contributed by atoms with Crippen LogP contribution >= 0.6 is 0 Å². The molecule has 120 valence electrons. The number of likely N-dealkylation sites (tertiary alicyclic amines) is 2. The first kappa shape index (κ1) is 15.2. The maximum Gasteiger partial charge on any atom is 0.317 e. The van der Waals surface area contributed by atoms with E-state index in [4.69, 9.17) is 4.74 Å². The highest BCUT2D eigenvalue weighted by molar-refractivity contribution is 5.73. The van der Waals surface area contributed by atoms with E-state index < -0.39 is 0 Å². The molecule has 3 heterocycles. The summed E-state index contributed by atoms with van der Waals surface area (Å²) < 4.78 is 5.61. The Morgan fingerprint density at radius 2 is 2.00 bits per heavy atom. The van der Waals surface area contributed by atoms with Gasteiger partial charge in [-0.15, -0.1) is 0 Å². The molecule has 1 aromatic heterocycles. The number of nitrogens with zero attached hydrogens (tertiary/aromatic N) is 3. The highest BCUT2D eigenvalue weighted by Gasteiger charge is 2.44. The van der Waals surface area contributed by atoms with E-state index in [0.717, 1.165) is 32.5 Å². The molecule has 3 rings (SSSR count). The molecule has 2 saturated heterocycles. The second-order valence-electron chi connectivity index (χ2n) is 5.97. The van der Waals surface area contributed by atoms with Crippen molar-refractivity contribution in [2.45, 2.75) is 31.0 Å². The van der Waals surface area contributed by atoms with E-state index in [-0.39, 0.29) is 12.1 Å². The maximum absolute atomic E-state index is 11.7. The number of pyridine rings is 1. The lowest BCUT2D eigenvalue weighted by Crippen LogP contribution is -2.60. The van der Waals surface area contributed by atoms with Crippen molar-refractivity contribution in [3.8, 4) is 0 Å². The first-order valence-electron chi connectivity index (χ1n) is 7.89. The molecule has 1 N–H and O–H groups in total. The van der Waals surface area contributed by atoms with Gasteiger partial charge in [0.05, 0.1) is 12.1 Å². The number of piperidine rings is 1. The van der Waals surface area contributed by atoms with Crippen molar-refractivity contribution in [2.24, 2.45) is 0 Å². The third-order valence-electron chi connectivity index (χ3n) is 4.89. The molecule has 2 atom stereocenters. The van der Waals surface area contributed by atoms with E-state index in [9.17, 15) is 4.79 Å². The second kappa shape index (κ2) is 6.62. The van der Waals surface area contributed by atoms with Gasteiger partial charge < -0.3 is 15.0 Å². The van der Waals surface area contributed by atoms with Crippen LogP contribution < -0.4 is 5.32 Å². The molecule has 2 amide bonds. The van der Waals surface area contributed by atoms with Crippen LogP contribution in [0, 0.1) is 0 Å².